The van der Waals surface area contributed by atoms with E-state index in [0.717, 1.165) is 31.6 Å². The summed E-state index contributed by atoms with van der Waals surface area (Å²) in [7, 11) is 0. The number of hydrazine groups is 2. The zero-order chi connectivity index (χ0) is 22.1. The summed E-state index contributed by atoms with van der Waals surface area (Å²) in [5.74, 6) is 0.812. The van der Waals surface area contributed by atoms with Crippen molar-refractivity contribution in [3.8, 4) is 0 Å². The van der Waals surface area contributed by atoms with Gasteiger partial charge in [-0.2, -0.15) is 15.5 Å². The van der Waals surface area contributed by atoms with Crippen molar-refractivity contribution in [3.63, 3.8) is 0 Å². The molecule has 1 aromatic heterocycles. The van der Waals surface area contributed by atoms with Crippen molar-refractivity contribution in [2.45, 2.75) is 70.8 Å². The molecular formula is C20H32ClN5O5. The normalized spacial score (nSPS) is 26.0. The summed E-state index contributed by atoms with van der Waals surface area (Å²) in [5, 5.41) is 0. The Hall–Kier alpha value is -1.72. The Balaban J connectivity index is 1.39. The van der Waals surface area contributed by atoms with Crippen molar-refractivity contribution >= 4 is 23.6 Å². The highest BCUT2D eigenvalue weighted by Crippen LogP contribution is 2.33. The first-order chi connectivity index (χ1) is 15.1. The summed E-state index contributed by atoms with van der Waals surface area (Å²) >= 11 is 5.27. The average Bonchev–Trinajstić information content (AvgIpc) is 3.25. The lowest BCUT2D eigenvalue weighted by molar-refractivity contribution is -0.164. The first-order valence-corrected chi connectivity index (χ1v) is 11.4. The van der Waals surface area contributed by atoms with E-state index in [-0.39, 0.29) is 25.1 Å². The Morgan fingerprint density at radius 2 is 2.13 bits per heavy atom. The van der Waals surface area contributed by atoms with E-state index in [1.165, 1.54) is 36.4 Å². The Bertz CT molecular complexity index is 756. The fourth-order valence-electron chi connectivity index (χ4n) is 4.10. The Kier molecular flexibility index (Phi) is 9.54. The highest BCUT2D eigenvalue weighted by molar-refractivity contribution is 6.13. The van der Waals surface area contributed by atoms with E-state index in [4.69, 9.17) is 26.0 Å². The van der Waals surface area contributed by atoms with Crippen LogP contribution in [0.2, 0.25) is 0 Å². The molecule has 2 fully saturated rings. The van der Waals surface area contributed by atoms with Gasteiger partial charge in [0.05, 0.1) is 12.5 Å². The molecule has 1 saturated heterocycles. The number of aromatic nitrogens is 2. The number of halogens is 1. The first-order valence-electron chi connectivity index (χ1n) is 11.0. The molecule has 0 unspecified atom stereocenters. The molecule has 31 heavy (non-hydrogen) atoms. The largest absolute Gasteiger partial charge is 0.460 e. The van der Waals surface area contributed by atoms with Gasteiger partial charge in [0.15, 0.2) is 12.5 Å². The van der Waals surface area contributed by atoms with Crippen LogP contribution in [0.3, 0.4) is 0 Å². The van der Waals surface area contributed by atoms with Gasteiger partial charge in [0, 0.05) is 6.20 Å². The number of unbranched alkanes of at least 4 members (excludes halogenated alkanes) is 2. The minimum Gasteiger partial charge on any atom is -0.460 e. The van der Waals surface area contributed by atoms with Crippen molar-refractivity contribution in [1.29, 1.82) is 0 Å². The smallest absolute Gasteiger partial charge is 0.351 e. The van der Waals surface area contributed by atoms with Crippen molar-refractivity contribution in [1.82, 2.24) is 20.0 Å². The van der Waals surface area contributed by atoms with Crippen LogP contribution in [0.25, 0.3) is 0 Å². The van der Waals surface area contributed by atoms with Gasteiger partial charge >= 0.3 is 11.7 Å². The molecule has 0 bridgehead atoms. The molecule has 0 aromatic carbocycles. The van der Waals surface area contributed by atoms with Crippen LogP contribution >= 0.6 is 11.8 Å². The van der Waals surface area contributed by atoms with Crippen LogP contribution in [0.5, 0.6) is 0 Å². The van der Waals surface area contributed by atoms with Gasteiger partial charge in [-0.1, -0.05) is 32.6 Å². The lowest BCUT2D eigenvalue weighted by Gasteiger charge is -2.27. The number of anilines is 1. The molecule has 1 aliphatic carbocycles. The lowest BCUT2D eigenvalue weighted by Crippen LogP contribution is -2.33. The van der Waals surface area contributed by atoms with E-state index < -0.39 is 18.2 Å². The zero-order valence-electron chi connectivity index (χ0n) is 17.8. The maximum Gasteiger partial charge on any atom is 0.351 e. The van der Waals surface area contributed by atoms with Gasteiger partial charge in [0.1, 0.15) is 12.4 Å². The topological polar surface area (TPSA) is 116 Å². The van der Waals surface area contributed by atoms with Crippen LogP contribution in [0, 0.1) is 11.8 Å². The van der Waals surface area contributed by atoms with E-state index in [1.807, 2.05) is 0 Å². The van der Waals surface area contributed by atoms with Crippen LogP contribution in [-0.4, -0.2) is 35.0 Å². The van der Waals surface area contributed by atoms with Crippen LogP contribution in [-0.2, 0) is 19.0 Å². The number of hydrogen-bond donors (Lipinski definition) is 3. The molecule has 2 heterocycles. The van der Waals surface area contributed by atoms with Gasteiger partial charge in [-0.3, -0.25) is 14.8 Å². The van der Waals surface area contributed by atoms with Crippen molar-refractivity contribution in [2.75, 3.05) is 18.6 Å². The fraction of sp³-hybridized carbons (Fsp3) is 0.750. The fourth-order valence-corrected chi connectivity index (χ4v) is 4.15. The van der Waals surface area contributed by atoms with Gasteiger partial charge < -0.3 is 14.2 Å². The highest BCUT2D eigenvalue weighted by atomic mass is 35.5. The Labute approximate surface area is 187 Å². The standard InChI is InChI=1S/C20H32ClN5O5/c1-2-3-4-5-14-6-8-15(9-7-14)19(27)30-13-18-29-12-17(31-18)26-11-10-16(22-20(26)28)23-25-24-21/h10-11,14-15,17-18,24-25H,2-9,12-13H2,1H3,(H,22,23,28)/t14?,15?,17-,18-/m0/s1. The van der Waals surface area contributed by atoms with E-state index in [0.29, 0.717) is 5.82 Å². The molecule has 2 aliphatic rings. The van der Waals surface area contributed by atoms with E-state index in [1.54, 1.807) is 6.07 Å². The van der Waals surface area contributed by atoms with Crippen LogP contribution < -0.4 is 21.6 Å². The lowest BCUT2D eigenvalue weighted by atomic mass is 9.80. The number of rotatable bonds is 11. The summed E-state index contributed by atoms with van der Waals surface area (Å²) < 4.78 is 18.0. The minimum atomic E-state index is -0.703. The van der Waals surface area contributed by atoms with Crippen LogP contribution in [0.15, 0.2) is 17.1 Å². The van der Waals surface area contributed by atoms with E-state index in [2.05, 4.69) is 27.8 Å². The number of carbonyl (C=O) groups is 1. The van der Waals surface area contributed by atoms with Gasteiger partial charge in [-0.05, 0) is 49.4 Å². The molecule has 0 amide bonds. The third-order valence-electron chi connectivity index (χ3n) is 5.87. The van der Waals surface area contributed by atoms with Crippen LogP contribution in [0.1, 0.15) is 64.5 Å². The molecule has 3 rings (SSSR count). The zero-order valence-corrected chi connectivity index (χ0v) is 18.6. The molecule has 2 atom stereocenters. The van der Waals surface area contributed by atoms with Gasteiger partial charge in [0.25, 0.3) is 0 Å². The second-order valence-electron chi connectivity index (χ2n) is 8.04. The van der Waals surface area contributed by atoms with Gasteiger partial charge in [-0.25, -0.2) is 4.79 Å². The molecule has 0 spiro atoms. The molecule has 10 nitrogen and oxygen atoms in total. The number of nitrogens with zero attached hydrogens (tertiary/aromatic N) is 2. The summed E-state index contributed by atoms with van der Waals surface area (Å²) in [4.78, 5) is 30.6. The van der Waals surface area contributed by atoms with E-state index in [9.17, 15) is 9.59 Å². The summed E-state index contributed by atoms with van der Waals surface area (Å²) in [6.45, 7) is 2.40. The quantitative estimate of drug-likeness (QED) is 0.199. The van der Waals surface area contributed by atoms with Gasteiger partial charge in [0.2, 0.25) is 0 Å². The number of esters is 1. The highest BCUT2D eigenvalue weighted by Gasteiger charge is 2.31. The molecule has 11 heteroatoms. The molecule has 3 N–H and O–H groups in total. The number of hydrogen-bond acceptors (Lipinski definition) is 9. The average molecular weight is 458 g/mol. The molecule has 1 aromatic rings. The van der Waals surface area contributed by atoms with Crippen molar-refractivity contribution < 1.29 is 19.0 Å². The summed E-state index contributed by atoms with van der Waals surface area (Å²) in [6.07, 6.45) is 9.26. The number of nitrogens with one attached hydrogen (secondary N) is 3. The second-order valence-corrected chi connectivity index (χ2v) is 8.23. The van der Waals surface area contributed by atoms with Crippen LogP contribution in [0.4, 0.5) is 5.82 Å². The molecule has 1 aliphatic heterocycles. The SMILES string of the molecule is CCCCCC1CCC(C(=O)OC[C@H]2OC[C@@H](n3ccc(NNNCl)nc3=O)O2)CC1. The third kappa shape index (κ3) is 7.15. The minimum absolute atomic E-state index is 0.0128. The molecule has 174 valence electrons. The number of carbonyl (C=O) groups excluding carboxylic acids is 1. The van der Waals surface area contributed by atoms with E-state index >= 15 is 0 Å². The monoisotopic (exact) mass is 457 g/mol. The number of ether oxygens (including phenoxy) is 3. The summed E-state index contributed by atoms with van der Waals surface area (Å²) in [6, 6.07) is 1.58. The predicted octanol–water partition coefficient (Wildman–Crippen LogP) is 2.62. The van der Waals surface area contributed by atoms with Crippen molar-refractivity contribution in [3.05, 3.63) is 22.7 Å². The second kappa shape index (κ2) is 12.4. The maximum atomic E-state index is 12.4. The Morgan fingerprint density at radius 1 is 1.32 bits per heavy atom. The molecular weight excluding hydrogens is 426 g/mol. The maximum absolute atomic E-state index is 12.4. The van der Waals surface area contributed by atoms with Crippen molar-refractivity contribution in [2.24, 2.45) is 11.8 Å². The first kappa shape index (κ1) is 23.9. The Morgan fingerprint density at radius 3 is 2.84 bits per heavy atom. The molecule has 1 saturated carbocycles. The predicted molar refractivity (Wildman–Crippen MR) is 115 cm³/mol. The summed E-state index contributed by atoms with van der Waals surface area (Å²) in [5.41, 5.74) is 4.49. The third-order valence-corrected chi connectivity index (χ3v) is 5.96. The molecule has 0 radical (unpaired) electrons. The van der Waals surface area contributed by atoms with Gasteiger partial charge in [-0.15, -0.1) is 0 Å².